The molecule has 2 aromatic carbocycles. The Labute approximate surface area is 189 Å². The summed E-state index contributed by atoms with van der Waals surface area (Å²) in [6, 6.07) is 14.0. The highest BCUT2D eigenvalue weighted by Gasteiger charge is 2.13. The van der Waals surface area contributed by atoms with Crippen molar-refractivity contribution in [3.05, 3.63) is 59.7 Å². The van der Waals surface area contributed by atoms with E-state index in [4.69, 9.17) is 17.0 Å². The van der Waals surface area contributed by atoms with Gasteiger partial charge in [-0.05, 0) is 61.5 Å². The monoisotopic (exact) mass is 441 g/mol. The van der Waals surface area contributed by atoms with Crippen LogP contribution in [0.25, 0.3) is 0 Å². The lowest BCUT2D eigenvalue weighted by molar-refractivity contribution is 0.0952. The maximum Gasteiger partial charge on any atom is 0.257 e. The van der Waals surface area contributed by atoms with Gasteiger partial charge in [0.2, 0.25) is 0 Å². The van der Waals surface area contributed by atoms with Crippen LogP contribution in [0.3, 0.4) is 0 Å². The molecule has 0 aromatic heterocycles. The molecule has 3 N–H and O–H groups in total. The van der Waals surface area contributed by atoms with E-state index in [2.05, 4.69) is 22.9 Å². The Morgan fingerprint density at radius 1 is 0.903 bits per heavy atom. The maximum atomic E-state index is 12.5. The second kappa shape index (κ2) is 13.4. The van der Waals surface area contributed by atoms with Crippen molar-refractivity contribution in [2.75, 3.05) is 18.5 Å². The Balaban J connectivity index is 1.89. The fraction of sp³-hybridized carbons (Fsp3) is 0.375. The highest BCUT2D eigenvalue weighted by molar-refractivity contribution is 7.80. The Morgan fingerprint density at radius 3 is 2.35 bits per heavy atom. The van der Waals surface area contributed by atoms with Crippen LogP contribution >= 0.6 is 12.2 Å². The Morgan fingerprint density at radius 2 is 1.65 bits per heavy atom. The molecule has 166 valence electrons. The summed E-state index contributed by atoms with van der Waals surface area (Å²) in [5.74, 6) is 0.213. The van der Waals surface area contributed by atoms with Crippen LogP contribution < -0.4 is 20.7 Å². The minimum absolute atomic E-state index is 0.122. The molecule has 0 fully saturated rings. The fourth-order valence-corrected chi connectivity index (χ4v) is 3.08. The zero-order valence-electron chi connectivity index (χ0n) is 18.2. The molecule has 7 heteroatoms. The maximum absolute atomic E-state index is 12.5. The van der Waals surface area contributed by atoms with Gasteiger partial charge in [-0.15, -0.1) is 0 Å². The summed E-state index contributed by atoms with van der Waals surface area (Å²) in [6.45, 7) is 5.42. The van der Waals surface area contributed by atoms with E-state index in [1.54, 1.807) is 48.5 Å². The molecular weight excluding hydrogens is 410 g/mol. The van der Waals surface area contributed by atoms with Crippen molar-refractivity contribution in [2.24, 2.45) is 0 Å². The minimum Gasteiger partial charge on any atom is -0.494 e. The van der Waals surface area contributed by atoms with Crippen LogP contribution in [0.15, 0.2) is 48.5 Å². The first-order valence-electron chi connectivity index (χ1n) is 10.8. The predicted octanol–water partition coefficient (Wildman–Crippen LogP) is 4.91. The molecule has 0 aliphatic carbocycles. The summed E-state index contributed by atoms with van der Waals surface area (Å²) in [6.07, 6.45) is 5.43. The molecule has 0 heterocycles. The van der Waals surface area contributed by atoms with Gasteiger partial charge in [-0.25, -0.2) is 0 Å². The van der Waals surface area contributed by atoms with E-state index in [0.29, 0.717) is 30.0 Å². The molecule has 0 atom stereocenters. The second-order valence-corrected chi connectivity index (χ2v) is 7.55. The van der Waals surface area contributed by atoms with E-state index >= 15 is 0 Å². The van der Waals surface area contributed by atoms with Crippen molar-refractivity contribution < 1.29 is 14.3 Å². The van der Waals surface area contributed by atoms with Crippen molar-refractivity contribution in [3.63, 3.8) is 0 Å². The van der Waals surface area contributed by atoms with E-state index in [1.807, 2.05) is 6.92 Å². The number of carbonyl (C=O) groups is 2. The van der Waals surface area contributed by atoms with Crippen molar-refractivity contribution in [2.45, 2.75) is 46.0 Å². The summed E-state index contributed by atoms with van der Waals surface area (Å²) in [5, 5.41) is 8.55. The first-order chi connectivity index (χ1) is 15.0. The molecule has 2 aromatic rings. The van der Waals surface area contributed by atoms with Gasteiger partial charge in [0.1, 0.15) is 5.75 Å². The lowest BCUT2D eigenvalue weighted by Gasteiger charge is -2.13. The van der Waals surface area contributed by atoms with E-state index in [-0.39, 0.29) is 16.9 Å². The topological polar surface area (TPSA) is 79.5 Å². The van der Waals surface area contributed by atoms with Crippen molar-refractivity contribution in [3.8, 4) is 5.75 Å². The SMILES string of the molecule is CCCCCCOc1ccc(C(=O)NC(=S)Nc2ccccc2C(=O)NCCC)cc1. The van der Waals surface area contributed by atoms with Crippen LogP contribution in [-0.4, -0.2) is 30.1 Å². The number of ether oxygens (including phenoxy) is 1. The molecule has 6 nitrogen and oxygen atoms in total. The molecule has 0 aliphatic heterocycles. The third-order valence-electron chi connectivity index (χ3n) is 4.57. The van der Waals surface area contributed by atoms with E-state index in [1.165, 1.54) is 12.8 Å². The number of hydrogen-bond acceptors (Lipinski definition) is 4. The summed E-state index contributed by atoms with van der Waals surface area (Å²) in [4.78, 5) is 24.8. The van der Waals surface area contributed by atoms with Gasteiger partial charge in [-0.1, -0.05) is 45.2 Å². The largest absolute Gasteiger partial charge is 0.494 e. The van der Waals surface area contributed by atoms with Crippen molar-refractivity contribution >= 4 is 34.8 Å². The Hall–Kier alpha value is -2.93. The highest BCUT2D eigenvalue weighted by atomic mass is 32.1. The molecule has 0 radical (unpaired) electrons. The molecule has 0 aliphatic rings. The van der Waals surface area contributed by atoms with Crippen LogP contribution in [0.5, 0.6) is 5.75 Å². The van der Waals surface area contributed by atoms with Crippen LogP contribution in [0, 0.1) is 0 Å². The summed E-state index contributed by atoms with van der Waals surface area (Å²) >= 11 is 5.26. The van der Waals surface area contributed by atoms with Gasteiger partial charge in [0, 0.05) is 12.1 Å². The first-order valence-corrected chi connectivity index (χ1v) is 11.2. The van der Waals surface area contributed by atoms with Gasteiger partial charge >= 0.3 is 0 Å². The van der Waals surface area contributed by atoms with E-state index < -0.39 is 0 Å². The standard InChI is InChI=1S/C24H31N3O3S/c1-3-5-6-9-17-30-19-14-12-18(13-15-19)22(28)27-24(31)26-21-11-8-7-10-20(21)23(29)25-16-4-2/h7-8,10-15H,3-6,9,16-17H2,1-2H3,(H,25,29)(H2,26,27,28,31). The van der Waals surface area contributed by atoms with Crippen LogP contribution in [0.2, 0.25) is 0 Å². The summed E-state index contributed by atoms with van der Waals surface area (Å²) < 4.78 is 5.70. The normalized spacial score (nSPS) is 10.3. The summed E-state index contributed by atoms with van der Waals surface area (Å²) in [5.41, 5.74) is 1.47. The quantitative estimate of drug-likeness (QED) is 0.341. The van der Waals surface area contributed by atoms with Crippen LogP contribution in [0.4, 0.5) is 5.69 Å². The van der Waals surface area contributed by atoms with Crippen LogP contribution in [0.1, 0.15) is 66.7 Å². The minimum atomic E-state index is -0.333. The fourth-order valence-electron chi connectivity index (χ4n) is 2.87. The number of rotatable bonds is 11. The number of amides is 2. The third-order valence-corrected chi connectivity index (χ3v) is 4.77. The predicted molar refractivity (Wildman–Crippen MR) is 129 cm³/mol. The lowest BCUT2D eigenvalue weighted by atomic mass is 10.1. The number of hydrogen-bond donors (Lipinski definition) is 3. The van der Waals surface area contributed by atoms with Crippen molar-refractivity contribution in [1.82, 2.24) is 10.6 Å². The van der Waals surface area contributed by atoms with Gasteiger partial charge in [0.15, 0.2) is 5.11 Å². The molecule has 0 unspecified atom stereocenters. The average molecular weight is 442 g/mol. The highest BCUT2D eigenvalue weighted by Crippen LogP contribution is 2.16. The molecule has 31 heavy (non-hydrogen) atoms. The molecule has 0 saturated carbocycles. The molecule has 0 spiro atoms. The van der Waals surface area contributed by atoms with E-state index in [0.717, 1.165) is 25.0 Å². The van der Waals surface area contributed by atoms with Gasteiger partial charge in [-0.2, -0.15) is 0 Å². The zero-order chi connectivity index (χ0) is 22.5. The average Bonchev–Trinajstić information content (AvgIpc) is 2.78. The van der Waals surface area contributed by atoms with Gasteiger partial charge in [-0.3, -0.25) is 14.9 Å². The number of thiocarbonyl (C=S) groups is 1. The smallest absolute Gasteiger partial charge is 0.257 e. The first kappa shape index (κ1) is 24.3. The van der Waals surface area contributed by atoms with Crippen LogP contribution in [-0.2, 0) is 0 Å². The van der Waals surface area contributed by atoms with Gasteiger partial charge < -0.3 is 15.4 Å². The molecular formula is C24H31N3O3S. The number of carbonyl (C=O) groups excluding carboxylic acids is 2. The number of anilines is 1. The van der Waals surface area contributed by atoms with Gasteiger partial charge in [0.25, 0.3) is 11.8 Å². The van der Waals surface area contributed by atoms with Gasteiger partial charge in [0.05, 0.1) is 17.9 Å². The number of benzene rings is 2. The number of para-hydroxylation sites is 1. The summed E-state index contributed by atoms with van der Waals surface area (Å²) in [7, 11) is 0. The van der Waals surface area contributed by atoms with Crippen molar-refractivity contribution in [1.29, 1.82) is 0 Å². The lowest BCUT2D eigenvalue weighted by Crippen LogP contribution is -2.35. The zero-order valence-corrected chi connectivity index (χ0v) is 19.0. The second-order valence-electron chi connectivity index (χ2n) is 7.14. The molecule has 0 saturated heterocycles. The Bertz CT molecular complexity index is 869. The molecule has 2 rings (SSSR count). The molecule has 0 bridgehead atoms. The third kappa shape index (κ3) is 8.38. The number of unbranched alkanes of at least 4 members (excludes halogenated alkanes) is 3. The Kier molecular flexibility index (Phi) is 10.5. The number of nitrogens with one attached hydrogen (secondary N) is 3. The van der Waals surface area contributed by atoms with E-state index in [9.17, 15) is 9.59 Å². The molecule has 2 amide bonds.